The number of hydrogen-bond donors (Lipinski definition) is 2. The molecule has 1 aromatic carbocycles. The number of carboxylic acids is 1. The molecule has 0 spiro atoms. The van der Waals surface area contributed by atoms with Crippen LogP contribution >= 0.6 is 0 Å². The van der Waals surface area contributed by atoms with Crippen molar-refractivity contribution in [3.8, 4) is 0 Å². The number of nitrogens with zero attached hydrogens (tertiary/aromatic N) is 1. The topological polar surface area (TPSA) is 110 Å². The smallest absolute Gasteiger partial charge is 0.335 e. The number of aryl methyl sites for hydroxylation is 1. The second kappa shape index (κ2) is 5.62. The highest BCUT2D eigenvalue weighted by atomic mass is 32.2. The van der Waals surface area contributed by atoms with Gasteiger partial charge in [-0.2, -0.15) is 0 Å². The molecule has 1 heterocycles. The molecule has 21 heavy (non-hydrogen) atoms. The molecular weight excluding hydrogens is 303 g/mol. The maximum Gasteiger partial charge on any atom is 0.335 e. The van der Waals surface area contributed by atoms with Gasteiger partial charge >= 0.3 is 5.97 Å². The average molecular weight is 314 g/mol. The molecule has 0 aliphatic carbocycles. The minimum Gasteiger partial charge on any atom is -0.478 e. The van der Waals surface area contributed by atoms with Crippen LogP contribution in [0.5, 0.6) is 0 Å². The van der Waals surface area contributed by atoms with Crippen molar-refractivity contribution in [1.82, 2.24) is 9.88 Å². The van der Waals surface area contributed by atoms with E-state index in [9.17, 15) is 17.6 Å². The molecule has 0 bridgehead atoms. The first kappa shape index (κ1) is 15.1. The second-order valence-electron chi connectivity index (χ2n) is 4.20. The van der Waals surface area contributed by atoms with Gasteiger partial charge in [-0.15, -0.1) is 0 Å². The van der Waals surface area contributed by atoms with Crippen LogP contribution in [0.2, 0.25) is 0 Å². The number of sulfonamides is 1. The van der Waals surface area contributed by atoms with E-state index in [0.29, 0.717) is 11.5 Å². The Hall–Kier alpha value is -2.26. The number of rotatable bonds is 5. The molecule has 1 aromatic heterocycles. The van der Waals surface area contributed by atoms with Gasteiger partial charge in [0.05, 0.1) is 17.8 Å². The van der Waals surface area contributed by atoms with Crippen LogP contribution in [0.4, 0.5) is 4.39 Å². The SMILES string of the molecule is Cc1cc(CNS(=O)(=O)c2cc(C(=O)O)ccc2F)no1. The fourth-order valence-electron chi connectivity index (χ4n) is 1.59. The molecule has 0 fully saturated rings. The molecule has 0 atom stereocenters. The third-order valence-corrected chi connectivity index (χ3v) is 4.00. The van der Waals surface area contributed by atoms with Gasteiger partial charge in [0, 0.05) is 6.07 Å². The minimum atomic E-state index is -4.21. The molecule has 0 unspecified atom stereocenters. The predicted octanol–water partition coefficient (Wildman–Crippen LogP) is 1.30. The first-order valence-electron chi connectivity index (χ1n) is 5.74. The normalized spacial score (nSPS) is 11.5. The molecule has 0 amide bonds. The summed E-state index contributed by atoms with van der Waals surface area (Å²) >= 11 is 0. The van der Waals surface area contributed by atoms with Crippen LogP contribution in [0.3, 0.4) is 0 Å². The summed E-state index contributed by atoms with van der Waals surface area (Å²) in [5, 5.41) is 12.4. The Kier molecular flexibility index (Phi) is 4.05. The van der Waals surface area contributed by atoms with Crippen molar-refractivity contribution >= 4 is 16.0 Å². The van der Waals surface area contributed by atoms with Gasteiger partial charge in [0.2, 0.25) is 10.0 Å². The summed E-state index contributed by atoms with van der Waals surface area (Å²) in [6.45, 7) is 1.44. The number of nitrogens with one attached hydrogen (secondary N) is 1. The van der Waals surface area contributed by atoms with Crippen LogP contribution in [0.25, 0.3) is 0 Å². The van der Waals surface area contributed by atoms with Gasteiger partial charge in [-0.25, -0.2) is 22.3 Å². The van der Waals surface area contributed by atoms with E-state index in [-0.39, 0.29) is 12.1 Å². The quantitative estimate of drug-likeness (QED) is 0.861. The van der Waals surface area contributed by atoms with Gasteiger partial charge < -0.3 is 9.63 Å². The van der Waals surface area contributed by atoms with Gasteiger partial charge in [0.25, 0.3) is 0 Å². The molecule has 7 nitrogen and oxygen atoms in total. The zero-order chi connectivity index (χ0) is 15.6. The first-order chi connectivity index (χ1) is 9.79. The van der Waals surface area contributed by atoms with E-state index in [1.54, 1.807) is 6.92 Å². The third kappa shape index (κ3) is 3.44. The maximum atomic E-state index is 13.6. The van der Waals surface area contributed by atoms with Gasteiger partial charge in [-0.3, -0.25) is 0 Å². The van der Waals surface area contributed by atoms with Crippen molar-refractivity contribution in [1.29, 1.82) is 0 Å². The lowest BCUT2D eigenvalue weighted by Crippen LogP contribution is -2.24. The summed E-state index contributed by atoms with van der Waals surface area (Å²) in [5.74, 6) is -1.88. The van der Waals surface area contributed by atoms with E-state index < -0.39 is 26.7 Å². The fourth-order valence-corrected chi connectivity index (χ4v) is 2.69. The molecular formula is C12H11FN2O5S. The summed E-state index contributed by atoms with van der Waals surface area (Å²) in [6, 6.07) is 4.05. The van der Waals surface area contributed by atoms with Crippen molar-refractivity contribution in [2.45, 2.75) is 18.4 Å². The van der Waals surface area contributed by atoms with Crippen molar-refractivity contribution in [2.24, 2.45) is 0 Å². The van der Waals surface area contributed by atoms with E-state index in [1.165, 1.54) is 6.07 Å². The van der Waals surface area contributed by atoms with Crippen molar-refractivity contribution in [3.63, 3.8) is 0 Å². The van der Waals surface area contributed by atoms with Crippen LogP contribution in [0.1, 0.15) is 21.8 Å². The summed E-state index contributed by atoms with van der Waals surface area (Å²) < 4.78 is 44.5. The number of hydrogen-bond acceptors (Lipinski definition) is 5. The van der Waals surface area contributed by atoms with Crippen molar-refractivity contribution in [2.75, 3.05) is 0 Å². The monoisotopic (exact) mass is 314 g/mol. The molecule has 0 radical (unpaired) electrons. The van der Waals surface area contributed by atoms with E-state index in [2.05, 4.69) is 9.88 Å². The van der Waals surface area contributed by atoms with Gasteiger partial charge in [-0.05, 0) is 25.1 Å². The van der Waals surface area contributed by atoms with Gasteiger partial charge in [0.1, 0.15) is 16.5 Å². The highest BCUT2D eigenvalue weighted by Crippen LogP contribution is 2.17. The zero-order valence-corrected chi connectivity index (χ0v) is 11.6. The molecule has 0 aliphatic rings. The van der Waals surface area contributed by atoms with E-state index in [0.717, 1.165) is 18.2 Å². The van der Waals surface area contributed by atoms with E-state index in [4.69, 9.17) is 9.63 Å². The summed E-state index contributed by atoms with van der Waals surface area (Å²) in [5.41, 5.74) is -0.0000668. The van der Waals surface area contributed by atoms with Crippen LogP contribution in [-0.2, 0) is 16.6 Å². The van der Waals surface area contributed by atoms with Crippen LogP contribution in [0.15, 0.2) is 33.7 Å². The summed E-state index contributed by atoms with van der Waals surface area (Å²) in [6.07, 6.45) is 0. The highest BCUT2D eigenvalue weighted by Gasteiger charge is 2.21. The van der Waals surface area contributed by atoms with Crippen molar-refractivity contribution < 1.29 is 27.2 Å². The third-order valence-electron chi connectivity index (χ3n) is 2.59. The number of halogens is 1. The predicted molar refractivity (Wildman–Crippen MR) is 68.6 cm³/mol. The van der Waals surface area contributed by atoms with Gasteiger partial charge in [0.15, 0.2) is 0 Å². The fraction of sp³-hybridized carbons (Fsp3) is 0.167. The molecule has 2 aromatic rings. The second-order valence-corrected chi connectivity index (χ2v) is 5.94. The van der Waals surface area contributed by atoms with E-state index >= 15 is 0 Å². The Balaban J connectivity index is 2.26. The zero-order valence-electron chi connectivity index (χ0n) is 10.8. The molecule has 112 valence electrons. The Morgan fingerprint density at radius 3 is 2.71 bits per heavy atom. The lowest BCUT2D eigenvalue weighted by Gasteiger charge is -2.07. The largest absolute Gasteiger partial charge is 0.478 e. The standard InChI is InChI=1S/C12H11FN2O5S/c1-7-4-9(15-20-7)6-14-21(18,19)11-5-8(12(16)17)2-3-10(11)13/h2-5,14H,6H2,1H3,(H,16,17). The first-order valence-corrected chi connectivity index (χ1v) is 7.22. The lowest BCUT2D eigenvalue weighted by molar-refractivity contribution is 0.0696. The molecule has 2 N–H and O–H groups in total. The van der Waals surface area contributed by atoms with Crippen molar-refractivity contribution in [3.05, 3.63) is 47.1 Å². The van der Waals surface area contributed by atoms with Gasteiger partial charge in [-0.1, -0.05) is 5.16 Å². The average Bonchev–Trinajstić information content (AvgIpc) is 2.82. The van der Waals surface area contributed by atoms with Crippen LogP contribution in [-0.4, -0.2) is 24.7 Å². The number of benzene rings is 1. The van der Waals surface area contributed by atoms with E-state index in [1.807, 2.05) is 0 Å². The number of aromatic nitrogens is 1. The Morgan fingerprint density at radius 1 is 1.43 bits per heavy atom. The Morgan fingerprint density at radius 2 is 2.14 bits per heavy atom. The van der Waals surface area contributed by atoms with Crippen LogP contribution < -0.4 is 4.72 Å². The Labute approximate surface area is 119 Å². The number of carboxylic acid groups (broad SMARTS) is 1. The summed E-state index contributed by atoms with van der Waals surface area (Å²) in [4.78, 5) is 10.1. The highest BCUT2D eigenvalue weighted by molar-refractivity contribution is 7.89. The molecule has 0 saturated heterocycles. The lowest BCUT2D eigenvalue weighted by atomic mass is 10.2. The number of aromatic carboxylic acids is 1. The molecule has 2 rings (SSSR count). The Bertz CT molecular complexity index is 785. The maximum absolute atomic E-state index is 13.6. The molecule has 0 aliphatic heterocycles. The molecule has 0 saturated carbocycles. The molecule has 9 heteroatoms. The summed E-state index contributed by atoms with van der Waals surface area (Å²) in [7, 11) is -4.21. The number of carbonyl (C=O) groups is 1. The minimum absolute atomic E-state index is 0.198. The van der Waals surface area contributed by atoms with Crippen LogP contribution in [0, 0.1) is 12.7 Å².